The Balaban J connectivity index is 2.26. The molecule has 1 rings (SSSR count). The summed E-state index contributed by atoms with van der Waals surface area (Å²) in [7, 11) is 0. The maximum atomic E-state index is 9.08. The zero-order chi connectivity index (χ0) is 9.03. The van der Waals surface area contributed by atoms with Gasteiger partial charge in [0, 0.05) is 25.1 Å². The maximum absolute atomic E-state index is 9.08. The summed E-state index contributed by atoms with van der Waals surface area (Å²) in [6.07, 6.45) is 2.29. The molecule has 0 bridgehead atoms. The van der Waals surface area contributed by atoms with Crippen molar-refractivity contribution in [2.24, 2.45) is 5.41 Å². The van der Waals surface area contributed by atoms with E-state index in [9.17, 15) is 0 Å². The first kappa shape index (κ1) is 9.96. The molecule has 0 aromatic carbocycles. The highest BCUT2D eigenvalue weighted by atomic mass is 16.3. The van der Waals surface area contributed by atoms with Crippen molar-refractivity contribution < 1.29 is 10.2 Å². The molecular weight excluding hydrogens is 154 g/mol. The molecule has 1 aliphatic carbocycles. The van der Waals surface area contributed by atoms with Crippen molar-refractivity contribution in [2.75, 3.05) is 32.8 Å². The predicted octanol–water partition coefficient (Wildman–Crippen LogP) is 0.0731. The first-order valence-corrected chi connectivity index (χ1v) is 4.70. The predicted molar refractivity (Wildman–Crippen MR) is 48.0 cm³/mol. The van der Waals surface area contributed by atoms with Crippen molar-refractivity contribution >= 4 is 0 Å². The van der Waals surface area contributed by atoms with Gasteiger partial charge >= 0.3 is 0 Å². The summed E-state index contributed by atoms with van der Waals surface area (Å²) in [5.41, 5.74) is 0.186. The molecule has 1 fully saturated rings. The van der Waals surface area contributed by atoms with Crippen molar-refractivity contribution in [3.63, 3.8) is 0 Å². The molecule has 2 N–H and O–H groups in total. The molecule has 3 nitrogen and oxygen atoms in total. The summed E-state index contributed by atoms with van der Waals surface area (Å²) in [4.78, 5) is 2.20. The van der Waals surface area contributed by atoms with Gasteiger partial charge in [0.05, 0.1) is 6.61 Å². The molecule has 0 atom stereocenters. The number of hydrogen-bond acceptors (Lipinski definition) is 3. The van der Waals surface area contributed by atoms with Gasteiger partial charge in [-0.3, -0.25) is 0 Å². The van der Waals surface area contributed by atoms with Gasteiger partial charge in [-0.25, -0.2) is 0 Å². The van der Waals surface area contributed by atoms with Crippen LogP contribution in [-0.4, -0.2) is 48.0 Å². The van der Waals surface area contributed by atoms with Crippen molar-refractivity contribution in [3.8, 4) is 0 Å². The number of nitrogens with zero attached hydrogens (tertiary/aromatic N) is 1. The molecule has 0 heterocycles. The van der Waals surface area contributed by atoms with E-state index in [2.05, 4.69) is 11.8 Å². The van der Waals surface area contributed by atoms with E-state index in [1.807, 2.05) is 0 Å². The Morgan fingerprint density at radius 1 is 1.33 bits per heavy atom. The summed E-state index contributed by atoms with van der Waals surface area (Å²) in [6, 6.07) is 0. The Morgan fingerprint density at radius 3 is 2.33 bits per heavy atom. The van der Waals surface area contributed by atoms with Crippen molar-refractivity contribution in [1.82, 2.24) is 4.90 Å². The van der Waals surface area contributed by atoms with Crippen molar-refractivity contribution in [1.29, 1.82) is 0 Å². The fourth-order valence-electron chi connectivity index (χ4n) is 1.51. The fraction of sp³-hybridized carbons (Fsp3) is 1.00. The quantitative estimate of drug-likeness (QED) is 0.597. The second-order valence-corrected chi connectivity index (χ2v) is 3.75. The maximum Gasteiger partial charge on any atom is 0.0558 e. The summed E-state index contributed by atoms with van der Waals surface area (Å²) in [5, 5.41) is 17.8. The van der Waals surface area contributed by atoms with E-state index in [1.165, 1.54) is 0 Å². The lowest BCUT2D eigenvalue weighted by Gasteiger charge is -2.24. The van der Waals surface area contributed by atoms with E-state index in [4.69, 9.17) is 10.2 Å². The van der Waals surface area contributed by atoms with Gasteiger partial charge in [0.2, 0.25) is 0 Å². The molecule has 0 saturated heterocycles. The molecule has 3 heteroatoms. The second-order valence-electron chi connectivity index (χ2n) is 3.75. The van der Waals surface area contributed by atoms with Crippen LogP contribution >= 0.6 is 0 Å². The molecule has 1 saturated carbocycles. The minimum atomic E-state index is 0.186. The average molecular weight is 173 g/mol. The topological polar surface area (TPSA) is 43.7 Å². The van der Waals surface area contributed by atoms with Crippen LogP contribution in [-0.2, 0) is 0 Å². The smallest absolute Gasteiger partial charge is 0.0558 e. The van der Waals surface area contributed by atoms with Crippen LogP contribution in [0.2, 0.25) is 0 Å². The van der Waals surface area contributed by atoms with Gasteiger partial charge in [0.15, 0.2) is 0 Å². The molecule has 72 valence electrons. The molecule has 0 spiro atoms. The molecule has 1 aliphatic rings. The number of rotatable bonds is 6. The third-order valence-electron chi connectivity index (χ3n) is 2.71. The second kappa shape index (κ2) is 4.21. The number of likely N-dealkylation sites (N-methyl/N-ethyl adjacent to an activating group) is 1. The molecule has 0 aromatic heterocycles. The van der Waals surface area contributed by atoms with Gasteiger partial charge in [0.1, 0.15) is 0 Å². The van der Waals surface area contributed by atoms with E-state index in [1.54, 1.807) is 0 Å². The van der Waals surface area contributed by atoms with Crippen molar-refractivity contribution in [3.05, 3.63) is 0 Å². The Bertz CT molecular complexity index is 134. The minimum absolute atomic E-state index is 0.186. The van der Waals surface area contributed by atoms with Gasteiger partial charge < -0.3 is 15.1 Å². The number of aliphatic hydroxyl groups is 2. The third kappa shape index (κ3) is 2.44. The largest absolute Gasteiger partial charge is 0.396 e. The monoisotopic (exact) mass is 173 g/mol. The van der Waals surface area contributed by atoms with Crippen LogP contribution in [0.5, 0.6) is 0 Å². The molecular formula is C9H19NO2. The Hall–Kier alpha value is -0.120. The summed E-state index contributed by atoms with van der Waals surface area (Å²) in [5.74, 6) is 0. The van der Waals surface area contributed by atoms with Crippen LogP contribution in [0.3, 0.4) is 0 Å². The van der Waals surface area contributed by atoms with Gasteiger partial charge in [-0.2, -0.15) is 0 Å². The van der Waals surface area contributed by atoms with Crippen molar-refractivity contribution in [2.45, 2.75) is 19.8 Å². The first-order chi connectivity index (χ1) is 5.76. The minimum Gasteiger partial charge on any atom is -0.396 e. The van der Waals surface area contributed by atoms with Crippen LogP contribution in [0, 0.1) is 5.41 Å². The lowest BCUT2D eigenvalue weighted by molar-refractivity contribution is 0.133. The third-order valence-corrected chi connectivity index (χ3v) is 2.71. The lowest BCUT2D eigenvalue weighted by atomic mass is 10.1. The highest BCUT2D eigenvalue weighted by Crippen LogP contribution is 2.45. The molecule has 0 unspecified atom stereocenters. The molecule has 0 aromatic rings. The number of aliphatic hydroxyl groups excluding tert-OH is 2. The van der Waals surface area contributed by atoms with E-state index in [-0.39, 0.29) is 12.0 Å². The van der Waals surface area contributed by atoms with Crippen LogP contribution in [0.4, 0.5) is 0 Å². The van der Waals surface area contributed by atoms with Gasteiger partial charge in [-0.05, 0) is 19.4 Å². The number of hydrogen-bond donors (Lipinski definition) is 2. The molecule has 0 amide bonds. The lowest BCUT2D eigenvalue weighted by Crippen LogP contribution is -2.34. The summed E-state index contributed by atoms with van der Waals surface area (Å²) >= 11 is 0. The van der Waals surface area contributed by atoms with E-state index in [0.29, 0.717) is 6.61 Å². The van der Waals surface area contributed by atoms with Crippen LogP contribution in [0.1, 0.15) is 19.8 Å². The van der Waals surface area contributed by atoms with Gasteiger partial charge in [-0.1, -0.05) is 6.92 Å². The van der Waals surface area contributed by atoms with Gasteiger partial charge in [0.25, 0.3) is 0 Å². The summed E-state index contributed by atoms with van der Waals surface area (Å²) in [6.45, 7) is 5.24. The highest BCUT2D eigenvalue weighted by molar-refractivity contribution is 4.94. The van der Waals surface area contributed by atoms with E-state index in [0.717, 1.165) is 32.5 Å². The van der Waals surface area contributed by atoms with E-state index < -0.39 is 0 Å². The molecule has 12 heavy (non-hydrogen) atoms. The molecule has 0 aliphatic heterocycles. The zero-order valence-electron chi connectivity index (χ0n) is 7.79. The van der Waals surface area contributed by atoms with E-state index >= 15 is 0 Å². The highest BCUT2D eigenvalue weighted by Gasteiger charge is 2.42. The average Bonchev–Trinajstić information content (AvgIpc) is 2.85. The normalized spacial score (nSPS) is 20.0. The van der Waals surface area contributed by atoms with Crippen LogP contribution < -0.4 is 0 Å². The SMILES string of the molecule is CCN(CCO)CC1(CO)CC1. The Labute approximate surface area is 74.0 Å². The first-order valence-electron chi connectivity index (χ1n) is 4.70. The fourth-order valence-corrected chi connectivity index (χ4v) is 1.51. The molecule has 0 radical (unpaired) electrons. The van der Waals surface area contributed by atoms with Gasteiger partial charge in [-0.15, -0.1) is 0 Å². The standard InChI is InChI=1S/C9H19NO2/c1-2-10(5-6-11)7-9(8-12)3-4-9/h11-12H,2-8H2,1H3. The zero-order valence-corrected chi connectivity index (χ0v) is 7.79. The summed E-state index contributed by atoms with van der Waals surface area (Å²) < 4.78 is 0. The Kier molecular flexibility index (Phi) is 3.50. The van der Waals surface area contributed by atoms with Crippen LogP contribution in [0.15, 0.2) is 0 Å². The Morgan fingerprint density at radius 2 is 2.00 bits per heavy atom. The van der Waals surface area contributed by atoms with Crippen LogP contribution in [0.25, 0.3) is 0 Å².